The van der Waals surface area contributed by atoms with E-state index in [2.05, 4.69) is 15.4 Å². The fourth-order valence-electron chi connectivity index (χ4n) is 9.12. The molecule has 1 saturated heterocycles. The van der Waals surface area contributed by atoms with E-state index in [4.69, 9.17) is 23.9 Å². The highest BCUT2D eigenvalue weighted by atomic mass is 32.2. The Balaban J connectivity index is 1.05. The van der Waals surface area contributed by atoms with Crippen LogP contribution in [0.2, 0.25) is 0 Å². The number of rotatable bonds is 9. The van der Waals surface area contributed by atoms with Crippen molar-refractivity contribution in [3.63, 3.8) is 0 Å². The lowest BCUT2D eigenvalue weighted by Crippen LogP contribution is -2.58. The molecule has 4 fully saturated rings. The van der Waals surface area contributed by atoms with Crippen LogP contribution in [0.1, 0.15) is 90.4 Å². The molecule has 0 unspecified atom stereocenters. The number of alkyl carbamates (subject to hydrolysis) is 1. The first-order valence-electron chi connectivity index (χ1n) is 22.2. The van der Waals surface area contributed by atoms with Crippen LogP contribution in [0.15, 0.2) is 65.1 Å². The summed E-state index contributed by atoms with van der Waals surface area (Å²) in [7, 11) is -0.109. The molecule has 2 aliphatic heterocycles. The molecule has 4 aromatic rings. The van der Waals surface area contributed by atoms with Crippen LogP contribution in [-0.2, 0) is 29.1 Å². The molecule has 3 aliphatic carbocycles. The van der Waals surface area contributed by atoms with E-state index in [1.165, 1.54) is 4.90 Å². The van der Waals surface area contributed by atoms with Gasteiger partial charge >= 0.3 is 6.09 Å². The monoisotopic (exact) mass is 881 g/mol. The topological polar surface area (TPSA) is 202 Å². The molecule has 16 nitrogen and oxygen atoms in total. The molecule has 0 bridgehead atoms. The second-order valence-electron chi connectivity index (χ2n) is 18.3. The lowest BCUT2D eigenvalue weighted by atomic mass is 10.0. The molecule has 2 aromatic heterocycles. The van der Waals surface area contributed by atoms with Crippen LogP contribution < -0.4 is 25.0 Å². The van der Waals surface area contributed by atoms with Gasteiger partial charge in [0, 0.05) is 43.1 Å². The SMILES string of the molecule is CN(C)c1ccc(-c2nc(O[C@@H]3C[C@H]4C(=O)N[C@]5(C(=O)NS(=O)(=O)C6(C)CC6)C[C@H]5/C=C\CCCCC[C@H](NC(=O)OC5CCCC5)C(=O)N4C3)c3oc4ccccc4c3n2)cc1. The highest BCUT2D eigenvalue weighted by Crippen LogP contribution is 2.48. The Morgan fingerprint density at radius 1 is 0.952 bits per heavy atom. The maximum absolute atomic E-state index is 14.8. The average molecular weight is 882 g/mol. The number of nitrogens with one attached hydrogen (secondary N) is 3. The number of carbonyl (C=O) groups excluding carboxylic acids is 4. The summed E-state index contributed by atoms with van der Waals surface area (Å²) in [5.74, 6) is -1.89. The van der Waals surface area contributed by atoms with E-state index < -0.39 is 68.2 Å². The van der Waals surface area contributed by atoms with Crippen LogP contribution in [0.4, 0.5) is 10.5 Å². The molecule has 2 aromatic carbocycles. The van der Waals surface area contributed by atoms with Crippen molar-refractivity contribution in [2.75, 3.05) is 25.5 Å². The molecule has 3 N–H and O–H groups in total. The number of nitrogens with zero attached hydrogens (tertiary/aromatic N) is 4. The third-order valence-corrected chi connectivity index (χ3v) is 15.6. The first-order valence-corrected chi connectivity index (χ1v) is 23.7. The molecule has 0 radical (unpaired) electrons. The van der Waals surface area contributed by atoms with Crippen LogP contribution in [0.25, 0.3) is 33.5 Å². The van der Waals surface area contributed by atoms with Crippen LogP contribution >= 0.6 is 0 Å². The molecule has 0 spiro atoms. The van der Waals surface area contributed by atoms with Gasteiger partial charge in [0.25, 0.3) is 11.8 Å². The van der Waals surface area contributed by atoms with Gasteiger partial charge in [-0.25, -0.2) is 18.2 Å². The zero-order valence-corrected chi connectivity index (χ0v) is 36.7. The molecule has 3 saturated carbocycles. The van der Waals surface area contributed by atoms with Crippen molar-refractivity contribution >= 4 is 61.6 Å². The summed E-state index contributed by atoms with van der Waals surface area (Å²) < 4.78 is 46.5. The quantitative estimate of drug-likeness (QED) is 0.169. The number of hydrogen-bond acceptors (Lipinski definition) is 12. The smallest absolute Gasteiger partial charge is 0.408 e. The summed E-state index contributed by atoms with van der Waals surface area (Å²) in [6, 6.07) is 13.1. The molecular weight excluding hydrogens is 827 g/mol. The molecule has 4 amide bonds. The van der Waals surface area contributed by atoms with Crippen LogP contribution in [-0.4, -0.2) is 102 Å². The summed E-state index contributed by atoms with van der Waals surface area (Å²) in [6.45, 7) is 1.52. The third-order valence-electron chi connectivity index (χ3n) is 13.5. The number of hydrogen-bond donors (Lipinski definition) is 3. The number of aromatic nitrogens is 2. The number of sulfonamides is 1. The number of para-hydroxylation sites is 1. The van der Waals surface area contributed by atoms with Gasteiger partial charge in [-0.15, -0.1) is 0 Å². The van der Waals surface area contributed by atoms with Crippen molar-refractivity contribution in [1.29, 1.82) is 0 Å². The number of benzene rings is 2. The minimum atomic E-state index is -4.02. The Morgan fingerprint density at radius 2 is 1.70 bits per heavy atom. The van der Waals surface area contributed by atoms with E-state index >= 15 is 0 Å². The molecule has 17 heteroatoms. The number of carbonyl (C=O) groups is 4. The Hall–Kier alpha value is -5.71. The van der Waals surface area contributed by atoms with E-state index in [0.29, 0.717) is 54.6 Å². The minimum absolute atomic E-state index is 0.00994. The summed E-state index contributed by atoms with van der Waals surface area (Å²) in [6.07, 6.45) is 9.75. The highest BCUT2D eigenvalue weighted by Gasteiger charge is 2.63. The van der Waals surface area contributed by atoms with Gasteiger partial charge < -0.3 is 34.3 Å². The fourth-order valence-corrected chi connectivity index (χ4v) is 10.4. The molecule has 4 heterocycles. The van der Waals surface area contributed by atoms with Crippen molar-refractivity contribution in [3.05, 3.63) is 60.7 Å². The molecular formula is C46H55N7O9S. The number of ether oxygens (including phenoxy) is 2. The first kappa shape index (κ1) is 42.6. The highest BCUT2D eigenvalue weighted by molar-refractivity contribution is 7.91. The number of amides is 4. The second-order valence-corrected chi connectivity index (χ2v) is 20.5. The van der Waals surface area contributed by atoms with E-state index in [-0.39, 0.29) is 31.4 Å². The third kappa shape index (κ3) is 8.55. The number of anilines is 1. The van der Waals surface area contributed by atoms with Gasteiger partial charge in [-0.1, -0.05) is 37.1 Å². The van der Waals surface area contributed by atoms with Crippen molar-refractivity contribution in [2.24, 2.45) is 5.92 Å². The van der Waals surface area contributed by atoms with E-state index in [0.717, 1.165) is 55.2 Å². The molecule has 9 rings (SSSR count). The van der Waals surface area contributed by atoms with Crippen molar-refractivity contribution in [3.8, 4) is 17.3 Å². The van der Waals surface area contributed by atoms with Crippen molar-refractivity contribution < 1.29 is 41.5 Å². The minimum Gasteiger partial charge on any atom is -0.470 e. The second kappa shape index (κ2) is 16.8. The lowest BCUT2D eigenvalue weighted by Gasteiger charge is -2.30. The van der Waals surface area contributed by atoms with Gasteiger partial charge in [-0.3, -0.25) is 19.1 Å². The van der Waals surface area contributed by atoms with Crippen LogP contribution in [0, 0.1) is 5.92 Å². The standard InChI is InChI=1S/C46H55N7O9S/c1-45(23-24-45)63(58,59)51-43(56)46-26-29(46)13-7-5-4-6-8-17-34(47-44(57)61-31-14-9-10-15-31)42(55)53-27-32(25-35(53)40(54)50-46)60-41-38-37(33-16-11-12-18-36(33)62-38)48-39(49-41)28-19-21-30(22-20-28)52(2)3/h7,11-13,16,18-22,29,31-32,34-35H,4-6,8-10,14-15,17,23-27H2,1-3H3,(H,47,57)(H,50,54)(H,51,56)/b13-7-/t29-,32-,34+,35+,46-/m1/s1. The summed E-state index contributed by atoms with van der Waals surface area (Å²) in [4.78, 5) is 70.1. The van der Waals surface area contributed by atoms with Gasteiger partial charge in [-0.2, -0.15) is 4.98 Å². The Kier molecular flexibility index (Phi) is 11.3. The summed E-state index contributed by atoms with van der Waals surface area (Å²) >= 11 is 0. The Bertz CT molecular complexity index is 2570. The molecule has 5 aliphatic rings. The van der Waals surface area contributed by atoms with E-state index in [1.54, 1.807) is 6.92 Å². The lowest BCUT2D eigenvalue weighted by molar-refractivity contribution is -0.141. The average Bonchev–Trinajstić information content (AvgIpc) is 3.92. The number of furan rings is 1. The predicted molar refractivity (Wildman–Crippen MR) is 235 cm³/mol. The molecule has 5 atom stereocenters. The van der Waals surface area contributed by atoms with Gasteiger partial charge in [-0.05, 0) is 108 Å². The largest absolute Gasteiger partial charge is 0.470 e. The Labute approximate surface area is 366 Å². The van der Waals surface area contributed by atoms with Gasteiger partial charge in [0.1, 0.15) is 40.9 Å². The maximum atomic E-state index is 14.8. The van der Waals surface area contributed by atoms with Crippen LogP contribution in [0.3, 0.4) is 0 Å². The number of allylic oxidation sites excluding steroid dienone is 1. The van der Waals surface area contributed by atoms with E-state index in [1.807, 2.05) is 79.7 Å². The normalized spacial score (nSPS) is 26.7. The number of fused-ring (bicyclic) bond motifs is 5. The van der Waals surface area contributed by atoms with Gasteiger partial charge in [0.2, 0.25) is 27.4 Å². The molecule has 63 heavy (non-hydrogen) atoms. The van der Waals surface area contributed by atoms with E-state index in [9.17, 15) is 27.6 Å². The van der Waals surface area contributed by atoms with Gasteiger partial charge in [0.15, 0.2) is 5.82 Å². The van der Waals surface area contributed by atoms with Gasteiger partial charge in [0.05, 0.1) is 11.3 Å². The Morgan fingerprint density at radius 3 is 2.44 bits per heavy atom. The summed E-state index contributed by atoms with van der Waals surface area (Å²) in [5.41, 5.74) is 1.59. The maximum Gasteiger partial charge on any atom is 0.408 e. The zero-order chi connectivity index (χ0) is 44.1. The van der Waals surface area contributed by atoms with Crippen LogP contribution in [0.5, 0.6) is 5.88 Å². The zero-order valence-electron chi connectivity index (χ0n) is 35.9. The molecule has 334 valence electrons. The predicted octanol–water partition coefficient (Wildman–Crippen LogP) is 5.89. The first-order chi connectivity index (χ1) is 30.2. The summed E-state index contributed by atoms with van der Waals surface area (Å²) in [5, 5.41) is 6.52. The van der Waals surface area contributed by atoms with Crippen molar-refractivity contribution in [2.45, 2.75) is 125 Å². The van der Waals surface area contributed by atoms with Crippen molar-refractivity contribution in [1.82, 2.24) is 30.2 Å². The fraction of sp³-hybridized carbons (Fsp3) is 0.522.